The lowest BCUT2D eigenvalue weighted by Crippen LogP contribution is -2.34. The summed E-state index contributed by atoms with van der Waals surface area (Å²) in [6.45, 7) is 11.2. The molecule has 17 heavy (non-hydrogen) atoms. The van der Waals surface area contributed by atoms with E-state index in [0.29, 0.717) is 6.61 Å². The number of benzene rings is 1. The Balaban J connectivity index is 2.54. The Morgan fingerprint density at radius 3 is 2.65 bits per heavy atom. The molecule has 1 aromatic carbocycles. The molecule has 0 fully saturated rings. The van der Waals surface area contributed by atoms with Gasteiger partial charge in [0.25, 0.3) is 0 Å². The van der Waals surface area contributed by atoms with Gasteiger partial charge in [0.15, 0.2) is 0 Å². The number of ether oxygens (including phenoxy) is 1. The van der Waals surface area contributed by atoms with Gasteiger partial charge >= 0.3 is 0 Å². The van der Waals surface area contributed by atoms with Crippen LogP contribution in [0.2, 0.25) is 5.02 Å². The fourth-order valence-electron chi connectivity index (χ4n) is 1.56. The zero-order chi connectivity index (χ0) is 12.9. The third-order valence-corrected chi connectivity index (χ3v) is 2.84. The molecule has 2 nitrogen and oxygen atoms in total. The van der Waals surface area contributed by atoms with Gasteiger partial charge in [-0.25, -0.2) is 0 Å². The Morgan fingerprint density at radius 1 is 1.35 bits per heavy atom. The van der Waals surface area contributed by atoms with Crippen molar-refractivity contribution in [3.63, 3.8) is 0 Å². The van der Waals surface area contributed by atoms with E-state index in [1.165, 1.54) is 0 Å². The van der Waals surface area contributed by atoms with Crippen molar-refractivity contribution in [3.05, 3.63) is 28.8 Å². The lowest BCUT2D eigenvalue weighted by atomic mass is 9.95. The Hall–Kier alpha value is -0.730. The molecule has 0 aliphatic carbocycles. The van der Waals surface area contributed by atoms with Gasteiger partial charge in [-0.2, -0.15) is 0 Å². The maximum absolute atomic E-state index is 5.91. The quantitative estimate of drug-likeness (QED) is 0.838. The SMILES string of the molecule is CCNCC(C)(C)COc1ccc(Cl)cc1C. The van der Waals surface area contributed by atoms with Crippen LogP contribution in [0.3, 0.4) is 0 Å². The summed E-state index contributed by atoms with van der Waals surface area (Å²) < 4.78 is 5.85. The third kappa shape index (κ3) is 4.97. The van der Waals surface area contributed by atoms with Gasteiger partial charge in [0.2, 0.25) is 0 Å². The van der Waals surface area contributed by atoms with Gasteiger partial charge in [0.1, 0.15) is 5.75 Å². The first kappa shape index (κ1) is 14.3. The van der Waals surface area contributed by atoms with Crippen LogP contribution in [0.5, 0.6) is 5.75 Å². The van der Waals surface area contributed by atoms with E-state index >= 15 is 0 Å². The third-order valence-electron chi connectivity index (χ3n) is 2.61. The van der Waals surface area contributed by atoms with Gasteiger partial charge in [-0.3, -0.25) is 0 Å². The molecule has 0 aliphatic rings. The van der Waals surface area contributed by atoms with Gasteiger partial charge in [0.05, 0.1) is 6.61 Å². The Labute approximate surface area is 109 Å². The highest BCUT2D eigenvalue weighted by atomic mass is 35.5. The van der Waals surface area contributed by atoms with Crippen molar-refractivity contribution < 1.29 is 4.74 Å². The monoisotopic (exact) mass is 255 g/mol. The first-order valence-electron chi connectivity index (χ1n) is 6.04. The van der Waals surface area contributed by atoms with Crippen LogP contribution in [0.1, 0.15) is 26.3 Å². The van der Waals surface area contributed by atoms with Gasteiger partial charge in [-0.15, -0.1) is 0 Å². The first-order valence-corrected chi connectivity index (χ1v) is 6.42. The van der Waals surface area contributed by atoms with Gasteiger partial charge < -0.3 is 10.1 Å². The van der Waals surface area contributed by atoms with Crippen molar-refractivity contribution in [2.24, 2.45) is 5.41 Å². The average molecular weight is 256 g/mol. The summed E-state index contributed by atoms with van der Waals surface area (Å²) in [7, 11) is 0. The minimum atomic E-state index is 0.127. The van der Waals surface area contributed by atoms with E-state index in [4.69, 9.17) is 16.3 Å². The molecule has 96 valence electrons. The van der Waals surface area contributed by atoms with E-state index in [2.05, 4.69) is 26.1 Å². The van der Waals surface area contributed by atoms with Crippen LogP contribution >= 0.6 is 11.6 Å². The minimum absolute atomic E-state index is 0.127. The molecule has 0 heterocycles. The van der Waals surface area contributed by atoms with Crippen molar-refractivity contribution in [1.82, 2.24) is 5.32 Å². The molecule has 0 aliphatic heterocycles. The maximum atomic E-state index is 5.91. The lowest BCUT2D eigenvalue weighted by Gasteiger charge is -2.25. The first-order chi connectivity index (χ1) is 7.94. The van der Waals surface area contributed by atoms with Crippen molar-refractivity contribution in [2.45, 2.75) is 27.7 Å². The molecule has 0 atom stereocenters. The summed E-state index contributed by atoms with van der Waals surface area (Å²) in [5, 5.41) is 4.10. The maximum Gasteiger partial charge on any atom is 0.122 e. The standard InChI is InChI=1S/C14H22ClNO/c1-5-16-9-14(3,4)10-17-13-7-6-12(15)8-11(13)2/h6-8,16H,5,9-10H2,1-4H3. The number of hydrogen-bond acceptors (Lipinski definition) is 2. The molecule has 0 bridgehead atoms. The molecular weight excluding hydrogens is 234 g/mol. The van der Waals surface area contributed by atoms with E-state index in [0.717, 1.165) is 29.4 Å². The van der Waals surface area contributed by atoms with Crippen LogP contribution < -0.4 is 10.1 Å². The average Bonchev–Trinajstić information content (AvgIpc) is 2.25. The second kappa shape index (κ2) is 6.27. The highest BCUT2D eigenvalue weighted by Gasteiger charge is 2.18. The molecule has 0 saturated heterocycles. The van der Waals surface area contributed by atoms with Gasteiger partial charge in [0, 0.05) is 17.0 Å². The molecule has 3 heteroatoms. The normalized spacial score (nSPS) is 11.6. The molecule has 1 aromatic rings. The van der Waals surface area contributed by atoms with Crippen molar-refractivity contribution in [2.75, 3.05) is 19.7 Å². The van der Waals surface area contributed by atoms with Crippen LogP contribution in [0.4, 0.5) is 0 Å². The van der Waals surface area contributed by atoms with E-state index in [1.807, 2.05) is 25.1 Å². The Morgan fingerprint density at radius 2 is 2.06 bits per heavy atom. The van der Waals surface area contributed by atoms with Crippen molar-refractivity contribution in [3.8, 4) is 5.75 Å². The highest BCUT2D eigenvalue weighted by molar-refractivity contribution is 6.30. The van der Waals surface area contributed by atoms with Crippen LogP contribution in [-0.4, -0.2) is 19.7 Å². The van der Waals surface area contributed by atoms with E-state index in [-0.39, 0.29) is 5.41 Å². The Bertz CT molecular complexity index is 363. The topological polar surface area (TPSA) is 21.3 Å². The zero-order valence-electron chi connectivity index (χ0n) is 11.1. The van der Waals surface area contributed by atoms with Gasteiger partial charge in [-0.05, 0) is 37.2 Å². The molecule has 0 saturated carbocycles. The Kier molecular flexibility index (Phi) is 5.29. The lowest BCUT2D eigenvalue weighted by molar-refractivity contribution is 0.176. The predicted molar refractivity (Wildman–Crippen MR) is 74.0 cm³/mol. The summed E-state index contributed by atoms with van der Waals surface area (Å²) in [5.41, 5.74) is 1.21. The minimum Gasteiger partial charge on any atom is -0.493 e. The summed E-state index contributed by atoms with van der Waals surface area (Å²) in [6.07, 6.45) is 0. The number of halogens is 1. The van der Waals surface area contributed by atoms with Crippen molar-refractivity contribution >= 4 is 11.6 Å². The zero-order valence-corrected chi connectivity index (χ0v) is 11.9. The van der Waals surface area contributed by atoms with Crippen LogP contribution in [-0.2, 0) is 0 Å². The molecule has 0 unspecified atom stereocenters. The summed E-state index contributed by atoms with van der Waals surface area (Å²) in [5.74, 6) is 0.916. The largest absolute Gasteiger partial charge is 0.493 e. The number of aryl methyl sites for hydroxylation is 1. The van der Waals surface area contributed by atoms with Crippen LogP contribution in [0.15, 0.2) is 18.2 Å². The smallest absolute Gasteiger partial charge is 0.122 e. The van der Waals surface area contributed by atoms with E-state index < -0.39 is 0 Å². The van der Waals surface area contributed by atoms with Crippen molar-refractivity contribution in [1.29, 1.82) is 0 Å². The van der Waals surface area contributed by atoms with Crippen LogP contribution in [0.25, 0.3) is 0 Å². The highest BCUT2D eigenvalue weighted by Crippen LogP contribution is 2.24. The molecule has 1 N–H and O–H groups in total. The molecule has 0 amide bonds. The van der Waals surface area contributed by atoms with E-state index in [9.17, 15) is 0 Å². The number of rotatable bonds is 6. The molecule has 0 radical (unpaired) electrons. The number of nitrogens with one attached hydrogen (secondary N) is 1. The van der Waals surface area contributed by atoms with Crippen LogP contribution in [0, 0.1) is 12.3 Å². The molecular formula is C14H22ClNO. The number of hydrogen-bond donors (Lipinski definition) is 1. The second-order valence-electron chi connectivity index (χ2n) is 5.14. The molecule has 0 aromatic heterocycles. The summed E-state index contributed by atoms with van der Waals surface area (Å²) in [6, 6.07) is 5.72. The van der Waals surface area contributed by atoms with E-state index in [1.54, 1.807) is 0 Å². The molecule has 0 spiro atoms. The summed E-state index contributed by atoms with van der Waals surface area (Å²) in [4.78, 5) is 0. The van der Waals surface area contributed by atoms with Gasteiger partial charge in [-0.1, -0.05) is 32.4 Å². The fraction of sp³-hybridized carbons (Fsp3) is 0.571. The fourth-order valence-corrected chi connectivity index (χ4v) is 1.79. The molecule has 1 rings (SSSR count). The predicted octanol–water partition coefficient (Wildman–Crippen LogP) is 3.66. The summed E-state index contributed by atoms with van der Waals surface area (Å²) >= 11 is 5.91. The second-order valence-corrected chi connectivity index (χ2v) is 5.58.